The van der Waals surface area contributed by atoms with Gasteiger partial charge in [0.15, 0.2) is 0 Å². The Morgan fingerprint density at radius 2 is 1.88 bits per heavy atom. The molecule has 0 heterocycles. The first-order valence-electron chi connectivity index (χ1n) is 8.17. The van der Waals surface area contributed by atoms with E-state index in [9.17, 15) is 19.3 Å². The number of nitrogens with two attached hydrogens (primary N) is 1. The number of amides is 2. The van der Waals surface area contributed by atoms with Gasteiger partial charge in [-0.15, -0.1) is 0 Å². The molecule has 0 bridgehead atoms. The minimum Gasteiger partial charge on any atom is -0.396 e. The second-order valence-electron chi connectivity index (χ2n) is 5.45. The van der Waals surface area contributed by atoms with Crippen molar-refractivity contribution in [2.75, 3.05) is 33.9 Å². The standard InChI is InChI=1S/C14H30N3O7P/c1-16-13(19)7-5-8-14(20)17-9-4-3-6-12(10-18)11-23-25(21,22-2)24-15/h12,18H,3-11,15H2,1-2H3,(H,16,19)(H,17,20). The molecule has 0 aromatic carbocycles. The van der Waals surface area contributed by atoms with Crippen molar-refractivity contribution in [3.8, 4) is 0 Å². The minimum atomic E-state index is -3.75. The normalized spacial score (nSPS) is 14.6. The summed E-state index contributed by atoms with van der Waals surface area (Å²) >= 11 is 0. The molecule has 0 aromatic rings. The monoisotopic (exact) mass is 383 g/mol. The van der Waals surface area contributed by atoms with Gasteiger partial charge in [0.2, 0.25) is 11.8 Å². The van der Waals surface area contributed by atoms with Crippen LogP contribution in [-0.2, 0) is 27.8 Å². The summed E-state index contributed by atoms with van der Waals surface area (Å²) in [6.07, 6.45) is 3.25. The average molecular weight is 383 g/mol. The van der Waals surface area contributed by atoms with E-state index in [4.69, 9.17) is 10.4 Å². The molecule has 0 aliphatic heterocycles. The van der Waals surface area contributed by atoms with Crippen LogP contribution in [0.1, 0.15) is 38.5 Å². The molecule has 0 aliphatic carbocycles. The highest BCUT2D eigenvalue weighted by molar-refractivity contribution is 7.48. The van der Waals surface area contributed by atoms with E-state index in [1.807, 2.05) is 0 Å². The molecule has 0 spiro atoms. The molecule has 5 N–H and O–H groups in total. The fraction of sp³-hybridized carbons (Fsp3) is 0.857. The topological polar surface area (TPSA) is 149 Å². The molecule has 0 aromatic heterocycles. The summed E-state index contributed by atoms with van der Waals surface area (Å²) in [5.74, 6) is 4.43. The maximum absolute atomic E-state index is 11.6. The van der Waals surface area contributed by atoms with E-state index >= 15 is 0 Å². The van der Waals surface area contributed by atoms with Crippen LogP contribution in [0, 0.1) is 5.92 Å². The molecular weight excluding hydrogens is 353 g/mol. The van der Waals surface area contributed by atoms with Crippen LogP contribution in [0.2, 0.25) is 0 Å². The number of aliphatic hydroxyl groups is 1. The van der Waals surface area contributed by atoms with Crippen LogP contribution < -0.4 is 16.5 Å². The zero-order chi connectivity index (χ0) is 19.1. The molecule has 0 saturated heterocycles. The summed E-state index contributed by atoms with van der Waals surface area (Å²) in [6, 6.07) is 0. The minimum absolute atomic E-state index is 0.00926. The molecular formula is C14H30N3O7P. The fourth-order valence-corrected chi connectivity index (χ4v) is 2.60. The smallest absolute Gasteiger partial charge is 0.396 e. The Labute approximate surface area is 148 Å². The van der Waals surface area contributed by atoms with Gasteiger partial charge in [-0.1, -0.05) is 6.42 Å². The molecule has 148 valence electrons. The molecule has 0 fully saturated rings. The number of unbranched alkanes of at least 4 members (excludes halogenated alkanes) is 1. The first-order chi connectivity index (χ1) is 11.9. The summed E-state index contributed by atoms with van der Waals surface area (Å²) < 4.78 is 25.3. The number of aliphatic hydroxyl groups excluding tert-OH is 1. The van der Waals surface area contributed by atoms with Gasteiger partial charge in [-0.25, -0.2) is 15.1 Å². The SMILES string of the molecule is CNC(=O)CCCC(=O)NCCCCC(CO)COP(=O)(OC)ON. The van der Waals surface area contributed by atoms with Crippen LogP contribution in [0.3, 0.4) is 0 Å². The molecule has 0 rings (SSSR count). The lowest BCUT2D eigenvalue weighted by atomic mass is 10.0. The molecule has 0 saturated carbocycles. The van der Waals surface area contributed by atoms with Gasteiger partial charge in [-0.3, -0.25) is 18.6 Å². The maximum Gasteiger partial charge on any atom is 0.490 e. The van der Waals surface area contributed by atoms with Crippen LogP contribution in [0.15, 0.2) is 0 Å². The van der Waals surface area contributed by atoms with Crippen molar-refractivity contribution in [1.82, 2.24) is 10.6 Å². The molecule has 10 nitrogen and oxygen atoms in total. The van der Waals surface area contributed by atoms with Gasteiger partial charge in [0.05, 0.1) is 6.61 Å². The Morgan fingerprint density at radius 1 is 1.20 bits per heavy atom. The predicted octanol–water partition coefficient (Wildman–Crippen LogP) is 0.459. The van der Waals surface area contributed by atoms with Crippen molar-refractivity contribution in [3.63, 3.8) is 0 Å². The van der Waals surface area contributed by atoms with Crippen molar-refractivity contribution in [2.24, 2.45) is 11.8 Å². The van der Waals surface area contributed by atoms with Gasteiger partial charge in [0.25, 0.3) is 0 Å². The third kappa shape index (κ3) is 12.0. The lowest BCUT2D eigenvalue weighted by molar-refractivity contribution is -0.122. The fourth-order valence-electron chi connectivity index (χ4n) is 1.96. The van der Waals surface area contributed by atoms with Gasteiger partial charge >= 0.3 is 7.82 Å². The zero-order valence-corrected chi connectivity index (χ0v) is 15.8. The number of rotatable bonds is 15. The molecule has 0 aliphatic rings. The molecule has 2 atom stereocenters. The number of carbonyl (C=O) groups excluding carboxylic acids is 2. The molecule has 11 heteroatoms. The second kappa shape index (κ2) is 14.2. The lowest BCUT2D eigenvalue weighted by Crippen LogP contribution is -2.25. The van der Waals surface area contributed by atoms with Gasteiger partial charge in [-0.05, 0) is 19.3 Å². The van der Waals surface area contributed by atoms with E-state index in [0.717, 1.165) is 20.0 Å². The number of nitrogens with one attached hydrogen (secondary N) is 2. The number of carbonyl (C=O) groups is 2. The number of phosphoric acid groups is 1. The highest BCUT2D eigenvalue weighted by Crippen LogP contribution is 2.46. The summed E-state index contributed by atoms with van der Waals surface area (Å²) in [5.41, 5.74) is 0. The maximum atomic E-state index is 11.6. The van der Waals surface area contributed by atoms with Gasteiger partial charge in [0.1, 0.15) is 0 Å². The highest BCUT2D eigenvalue weighted by atomic mass is 31.2. The van der Waals surface area contributed by atoms with Crippen LogP contribution in [-0.4, -0.2) is 50.8 Å². The molecule has 2 unspecified atom stereocenters. The Balaban J connectivity index is 3.78. The van der Waals surface area contributed by atoms with Crippen LogP contribution in [0.25, 0.3) is 0 Å². The molecule has 0 radical (unpaired) electrons. The first-order valence-corrected chi connectivity index (χ1v) is 9.63. The first kappa shape index (κ1) is 24.0. The van der Waals surface area contributed by atoms with E-state index < -0.39 is 7.82 Å². The summed E-state index contributed by atoms with van der Waals surface area (Å²) in [6.45, 7) is 0.366. The summed E-state index contributed by atoms with van der Waals surface area (Å²) in [5, 5.41) is 14.6. The van der Waals surface area contributed by atoms with Crippen molar-refractivity contribution >= 4 is 19.6 Å². The molecule has 2 amide bonds. The Hall–Kier alpha value is -1.03. The van der Waals surface area contributed by atoms with E-state index in [2.05, 4.69) is 19.8 Å². The average Bonchev–Trinajstić information content (AvgIpc) is 2.63. The Morgan fingerprint density at radius 3 is 2.44 bits per heavy atom. The van der Waals surface area contributed by atoms with Crippen molar-refractivity contribution in [2.45, 2.75) is 38.5 Å². The van der Waals surface area contributed by atoms with E-state index in [1.54, 1.807) is 7.05 Å². The largest absolute Gasteiger partial charge is 0.490 e. The highest BCUT2D eigenvalue weighted by Gasteiger charge is 2.25. The Kier molecular flexibility index (Phi) is 13.6. The Bertz CT molecular complexity index is 429. The second-order valence-corrected chi connectivity index (χ2v) is 7.18. The van der Waals surface area contributed by atoms with E-state index in [1.165, 1.54) is 0 Å². The van der Waals surface area contributed by atoms with Gasteiger partial charge in [-0.2, -0.15) is 0 Å². The van der Waals surface area contributed by atoms with Crippen LogP contribution in [0.4, 0.5) is 0 Å². The number of phosphoric ester groups is 1. The van der Waals surface area contributed by atoms with Crippen molar-refractivity contribution in [1.29, 1.82) is 0 Å². The quantitative estimate of drug-likeness (QED) is 0.181. The summed E-state index contributed by atoms with van der Waals surface area (Å²) in [4.78, 5) is 22.6. The number of hydrogen-bond acceptors (Lipinski definition) is 8. The van der Waals surface area contributed by atoms with Crippen LogP contribution >= 0.6 is 7.82 Å². The van der Waals surface area contributed by atoms with E-state index in [-0.39, 0.29) is 30.9 Å². The predicted molar refractivity (Wildman–Crippen MR) is 91.2 cm³/mol. The van der Waals surface area contributed by atoms with Crippen molar-refractivity contribution < 1.29 is 32.9 Å². The van der Waals surface area contributed by atoms with Crippen molar-refractivity contribution in [3.05, 3.63) is 0 Å². The van der Waals surface area contributed by atoms with Gasteiger partial charge < -0.3 is 15.7 Å². The van der Waals surface area contributed by atoms with Gasteiger partial charge in [0, 0.05) is 46.1 Å². The third-order valence-electron chi connectivity index (χ3n) is 3.53. The zero-order valence-electron chi connectivity index (χ0n) is 14.9. The summed E-state index contributed by atoms with van der Waals surface area (Å²) in [7, 11) is -1.03. The third-order valence-corrected chi connectivity index (χ3v) is 4.70. The van der Waals surface area contributed by atoms with Crippen LogP contribution in [0.5, 0.6) is 0 Å². The van der Waals surface area contributed by atoms with E-state index in [0.29, 0.717) is 32.2 Å². The number of hydrogen-bond donors (Lipinski definition) is 4. The molecule has 25 heavy (non-hydrogen) atoms. The lowest BCUT2D eigenvalue weighted by Gasteiger charge is -2.17.